The quantitative estimate of drug-likeness (QED) is 0.532. The van der Waals surface area contributed by atoms with Gasteiger partial charge < -0.3 is 15.7 Å². The number of carboxylic acid groups (broad SMARTS) is 1. The zero-order valence-corrected chi connectivity index (χ0v) is 19.8. The van der Waals surface area contributed by atoms with Gasteiger partial charge in [0.2, 0.25) is 5.91 Å². The second kappa shape index (κ2) is 9.98. The molecule has 2 atom stereocenters. The number of nitrogens with one attached hydrogen (secondary N) is 2. The summed E-state index contributed by atoms with van der Waals surface area (Å²) < 4.78 is 0. The van der Waals surface area contributed by atoms with Crippen LogP contribution in [0.4, 0.5) is 5.00 Å². The lowest BCUT2D eigenvalue weighted by atomic mass is 9.76. The number of amides is 2. The van der Waals surface area contributed by atoms with Gasteiger partial charge in [0.1, 0.15) is 5.00 Å². The van der Waals surface area contributed by atoms with Gasteiger partial charge in [0.15, 0.2) is 0 Å². The van der Waals surface area contributed by atoms with Crippen molar-refractivity contribution in [2.75, 3.05) is 5.32 Å². The average molecular weight is 447 g/mol. The molecule has 7 heteroatoms. The lowest BCUT2D eigenvalue weighted by molar-refractivity contribution is -0.146. The van der Waals surface area contributed by atoms with Crippen LogP contribution in [0, 0.1) is 18.8 Å². The maximum atomic E-state index is 13.2. The Labute approximate surface area is 188 Å². The number of hydrogen-bond acceptors (Lipinski definition) is 4. The average Bonchev–Trinajstić information content (AvgIpc) is 3.04. The third-order valence-electron chi connectivity index (χ3n) is 6.89. The van der Waals surface area contributed by atoms with Crippen LogP contribution < -0.4 is 10.6 Å². The van der Waals surface area contributed by atoms with Crippen molar-refractivity contribution in [3.8, 4) is 0 Å². The van der Waals surface area contributed by atoms with Crippen molar-refractivity contribution in [3.05, 3.63) is 27.2 Å². The topological polar surface area (TPSA) is 95.5 Å². The number of allylic oxidation sites excluding steroid dienone is 2. The SMILES string of the molecule is CCc1c(C)sc(NC(=O)[C@H]2CC(C)=C(C)C[C@@H]2C(=O)O)c1C(=O)NC1CCCCC1. The number of aliphatic carboxylic acids is 1. The molecule has 31 heavy (non-hydrogen) atoms. The molecule has 0 radical (unpaired) electrons. The first-order valence-electron chi connectivity index (χ1n) is 11.3. The van der Waals surface area contributed by atoms with E-state index in [1.165, 1.54) is 17.8 Å². The van der Waals surface area contributed by atoms with Crippen molar-refractivity contribution in [3.63, 3.8) is 0 Å². The highest BCUT2D eigenvalue weighted by atomic mass is 32.1. The van der Waals surface area contributed by atoms with Gasteiger partial charge in [0.25, 0.3) is 5.91 Å². The number of hydrogen-bond donors (Lipinski definition) is 3. The molecule has 0 unspecified atom stereocenters. The van der Waals surface area contributed by atoms with E-state index < -0.39 is 17.8 Å². The summed E-state index contributed by atoms with van der Waals surface area (Å²) in [5.41, 5.74) is 3.63. The van der Waals surface area contributed by atoms with Crippen LogP contribution in [0.2, 0.25) is 0 Å². The number of rotatable bonds is 6. The first kappa shape index (κ1) is 23.5. The summed E-state index contributed by atoms with van der Waals surface area (Å²) in [6, 6.07) is 0.181. The predicted octanol–water partition coefficient (Wildman–Crippen LogP) is 5.07. The fourth-order valence-corrected chi connectivity index (χ4v) is 6.01. The van der Waals surface area contributed by atoms with Crippen LogP contribution in [0.1, 0.15) is 86.5 Å². The lowest BCUT2D eigenvalue weighted by Gasteiger charge is -2.29. The highest BCUT2D eigenvalue weighted by molar-refractivity contribution is 7.16. The Bertz CT molecular complexity index is 896. The minimum absolute atomic E-state index is 0.131. The zero-order valence-electron chi connectivity index (χ0n) is 19.0. The number of aryl methyl sites for hydroxylation is 1. The molecule has 0 aromatic carbocycles. The molecular weight excluding hydrogens is 412 g/mol. The van der Waals surface area contributed by atoms with Gasteiger partial charge in [-0.3, -0.25) is 14.4 Å². The number of carbonyl (C=O) groups excluding carboxylic acids is 2. The van der Waals surface area contributed by atoms with Crippen LogP contribution >= 0.6 is 11.3 Å². The Morgan fingerprint density at radius 2 is 1.61 bits per heavy atom. The molecule has 6 nitrogen and oxygen atoms in total. The second-order valence-electron chi connectivity index (χ2n) is 9.01. The summed E-state index contributed by atoms with van der Waals surface area (Å²) in [5.74, 6) is -2.76. The predicted molar refractivity (Wildman–Crippen MR) is 124 cm³/mol. The summed E-state index contributed by atoms with van der Waals surface area (Å²) >= 11 is 1.41. The molecule has 2 aliphatic carbocycles. The van der Waals surface area contributed by atoms with Crippen LogP contribution in [0.15, 0.2) is 11.1 Å². The van der Waals surface area contributed by atoms with E-state index in [0.29, 0.717) is 29.8 Å². The van der Waals surface area contributed by atoms with E-state index in [0.717, 1.165) is 47.3 Å². The fourth-order valence-electron chi connectivity index (χ4n) is 4.87. The standard InChI is InChI=1S/C24H34N2O4S/c1-5-17-15(4)31-23(20(17)22(28)25-16-9-7-6-8-10-16)26-21(27)18-11-13(2)14(3)12-19(18)24(29)30/h16,18-19H,5-12H2,1-4H3,(H,25,28)(H,26,27)(H,29,30)/t18-,19-/m0/s1. The maximum Gasteiger partial charge on any atom is 0.307 e. The van der Waals surface area contributed by atoms with Crippen LogP contribution in [0.5, 0.6) is 0 Å². The molecule has 0 aliphatic heterocycles. The highest BCUT2D eigenvalue weighted by Crippen LogP contribution is 2.38. The summed E-state index contributed by atoms with van der Waals surface area (Å²) in [6.45, 7) is 7.87. The van der Waals surface area contributed by atoms with E-state index in [9.17, 15) is 19.5 Å². The molecule has 1 aromatic rings. The van der Waals surface area contributed by atoms with Gasteiger partial charge >= 0.3 is 5.97 Å². The van der Waals surface area contributed by atoms with E-state index in [4.69, 9.17) is 0 Å². The van der Waals surface area contributed by atoms with E-state index in [1.54, 1.807) is 0 Å². The van der Waals surface area contributed by atoms with E-state index in [2.05, 4.69) is 10.6 Å². The zero-order chi connectivity index (χ0) is 22.7. The fraction of sp³-hybridized carbons (Fsp3) is 0.625. The van der Waals surface area contributed by atoms with Crippen LogP contribution in [-0.2, 0) is 16.0 Å². The molecule has 2 amide bonds. The molecule has 0 bridgehead atoms. The first-order chi connectivity index (χ1) is 14.7. The number of carbonyl (C=O) groups is 3. The Morgan fingerprint density at radius 1 is 1.00 bits per heavy atom. The molecule has 3 rings (SSSR count). The Kier molecular flexibility index (Phi) is 7.57. The smallest absolute Gasteiger partial charge is 0.307 e. The van der Waals surface area contributed by atoms with Gasteiger partial charge in [-0.1, -0.05) is 37.3 Å². The van der Waals surface area contributed by atoms with Gasteiger partial charge in [-0.2, -0.15) is 0 Å². The van der Waals surface area contributed by atoms with Crippen LogP contribution in [0.3, 0.4) is 0 Å². The number of thiophene rings is 1. The van der Waals surface area contributed by atoms with Gasteiger partial charge in [0.05, 0.1) is 17.4 Å². The first-order valence-corrected chi connectivity index (χ1v) is 12.2. The van der Waals surface area contributed by atoms with E-state index in [1.807, 2.05) is 27.7 Å². The molecule has 1 heterocycles. The number of carboxylic acids is 1. The van der Waals surface area contributed by atoms with Crippen LogP contribution in [0.25, 0.3) is 0 Å². The summed E-state index contributed by atoms with van der Waals surface area (Å²) in [6.07, 6.45) is 6.97. The van der Waals surface area contributed by atoms with Crippen molar-refractivity contribution in [2.45, 2.75) is 85.1 Å². The molecule has 0 saturated heterocycles. The van der Waals surface area contributed by atoms with Crippen molar-refractivity contribution in [2.24, 2.45) is 11.8 Å². The molecule has 1 aromatic heterocycles. The summed E-state index contributed by atoms with van der Waals surface area (Å²) in [7, 11) is 0. The molecule has 1 saturated carbocycles. The molecule has 1 fully saturated rings. The molecule has 170 valence electrons. The third kappa shape index (κ3) is 5.20. The van der Waals surface area contributed by atoms with Gasteiger partial charge in [-0.25, -0.2) is 0 Å². The van der Waals surface area contributed by atoms with E-state index >= 15 is 0 Å². The lowest BCUT2D eigenvalue weighted by Crippen LogP contribution is -2.38. The second-order valence-corrected chi connectivity index (χ2v) is 10.2. The van der Waals surface area contributed by atoms with Crippen LogP contribution in [-0.4, -0.2) is 28.9 Å². The van der Waals surface area contributed by atoms with Crippen molar-refractivity contribution >= 4 is 34.1 Å². The minimum Gasteiger partial charge on any atom is -0.481 e. The molecule has 2 aliphatic rings. The Morgan fingerprint density at radius 3 is 2.19 bits per heavy atom. The van der Waals surface area contributed by atoms with Gasteiger partial charge in [0, 0.05) is 10.9 Å². The Balaban J connectivity index is 1.84. The molecular formula is C24H34N2O4S. The maximum absolute atomic E-state index is 13.2. The van der Waals surface area contributed by atoms with E-state index in [-0.39, 0.29) is 17.9 Å². The van der Waals surface area contributed by atoms with Crippen molar-refractivity contribution < 1.29 is 19.5 Å². The molecule has 0 spiro atoms. The third-order valence-corrected chi connectivity index (χ3v) is 7.95. The number of anilines is 1. The van der Waals surface area contributed by atoms with Gasteiger partial charge in [-0.05, 0) is 58.4 Å². The summed E-state index contributed by atoms with van der Waals surface area (Å²) in [4.78, 5) is 39.2. The molecule has 3 N–H and O–H groups in total. The monoisotopic (exact) mass is 446 g/mol. The van der Waals surface area contributed by atoms with Gasteiger partial charge in [-0.15, -0.1) is 11.3 Å². The minimum atomic E-state index is -0.945. The van der Waals surface area contributed by atoms with Crippen molar-refractivity contribution in [1.29, 1.82) is 0 Å². The largest absolute Gasteiger partial charge is 0.481 e. The van der Waals surface area contributed by atoms with Crippen molar-refractivity contribution in [1.82, 2.24) is 5.32 Å². The highest BCUT2D eigenvalue weighted by Gasteiger charge is 2.38. The normalized spacial score (nSPS) is 22.3. The Hall–Kier alpha value is -2.15. The summed E-state index contributed by atoms with van der Waals surface area (Å²) in [5, 5.41) is 16.3.